The third-order valence-corrected chi connectivity index (χ3v) is 8.25. The number of methoxy groups -OCH3 is 1. The molecular formula is C25H29N3O2S. The summed E-state index contributed by atoms with van der Waals surface area (Å²) in [7, 11) is 1.72. The van der Waals surface area contributed by atoms with Crippen molar-refractivity contribution in [2.45, 2.75) is 43.9 Å². The average molecular weight is 436 g/mol. The number of aryl methyl sites for hydroxylation is 1. The fourth-order valence-electron chi connectivity index (χ4n) is 5.66. The number of nitrogens with zero attached hydrogens (tertiary/aromatic N) is 2. The van der Waals surface area contributed by atoms with Crippen LogP contribution in [0.25, 0.3) is 5.69 Å². The molecule has 0 bridgehead atoms. The maximum absolute atomic E-state index is 6.64. The van der Waals surface area contributed by atoms with Crippen molar-refractivity contribution in [1.82, 2.24) is 9.47 Å². The molecule has 31 heavy (non-hydrogen) atoms. The van der Waals surface area contributed by atoms with Gasteiger partial charge in [0.2, 0.25) is 0 Å². The lowest BCUT2D eigenvalue weighted by molar-refractivity contribution is -0.0450. The zero-order valence-corrected chi connectivity index (χ0v) is 19.0. The number of nitrogens with one attached hydrogen (secondary N) is 1. The van der Waals surface area contributed by atoms with Gasteiger partial charge in [0, 0.05) is 48.1 Å². The fourth-order valence-corrected chi connectivity index (χ4v) is 6.59. The third-order valence-electron chi connectivity index (χ3n) is 7.27. The van der Waals surface area contributed by atoms with Gasteiger partial charge in [0.1, 0.15) is 11.3 Å². The summed E-state index contributed by atoms with van der Waals surface area (Å²) < 4.78 is 14.5. The molecule has 2 spiro atoms. The molecule has 5 heterocycles. The molecule has 6 rings (SSSR count). The Morgan fingerprint density at radius 1 is 1.16 bits per heavy atom. The van der Waals surface area contributed by atoms with Gasteiger partial charge in [-0.15, -0.1) is 11.3 Å². The molecule has 0 radical (unpaired) electrons. The number of piperidine rings is 1. The molecular weight excluding hydrogens is 406 g/mol. The van der Waals surface area contributed by atoms with Crippen molar-refractivity contribution >= 4 is 17.0 Å². The highest BCUT2D eigenvalue weighted by Crippen LogP contribution is 2.50. The molecule has 2 fully saturated rings. The van der Waals surface area contributed by atoms with Gasteiger partial charge in [-0.25, -0.2) is 0 Å². The minimum atomic E-state index is -0.185. The monoisotopic (exact) mass is 435 g/mol. The van der Waals surface area contributed by atoms with Crippen LogP contribution in [0.5, 0.6) is 5.75 Å². The number of ether oxygens (including phenoxy) is 2. The van der Waals surface area contributed by atoms with E-state index in [4.69, 9.17) is 9.47 Å². The van der Waals surface area contributed by atoms with Gasteiger partial charge in [-0.1, -0.05) is 0 Å². The van der Waals surface area contributed by atoms with Crippen molar-refractivity contribution in [3.8, 4) is 11.4 Å². The number of thiophene rings is 1. The van der Waals surface area contributed by atoms with Crippen molar-refractivity contribution in [2.75, 3.05) is 32.1 Å². The summed E-state index contributed by atoms with van der Waals surface area (Å²) >= 11 is 1.92. The Kier molecular flexibility index (Phi) is 4.46. The van der Waals surface area contributed by atoms with E-state index >= 15 is 0 Å². The van der Waals surface area contributed by atoms with Crippen LogP contribution >= 0.6 is 11.3 Å². The quantitative estimate of drug-likeness (QED) is 0.633. The predicted octanol–water partition coefficient (Wildman–Crippen LogP) is 4.93. The van der Waals surface area contributed by atoms with Crippen molar-refractivity contribution in [3.63, 3.8) is 0 Å². The van der Waals surface area contributed by atoms with Gasteiger partial charge in [0.25, 0.3) is 0 Å². The SMILES string of the molecule is COc1ccc2c(c1)N[C@]1(COC3(CCN(Cc4ccc(C)s4)CC3)C1)c1cccn1-2. The van der Waals surface area contributed by atoms with E-state index in [1.807, 2.05) is 17.4 Å². The molecule has 2 aromatic heterocycles. The molecule has 6 heteroatoms. The molecule has 5 nitrogen and oxygen atoms in total. The molecule has 3 aliphatic heterocycles. The summed E-state index contributed by atoms with van der Waals surface area (Å²) in [5.41, 5.74) is 3.37. The zero-order chi connectivity index (χ0) is 21.1. The second kappa shape index (κ2) is 7.12. The summed E-state index contributed by atoms with van der Waals surface area (Å²) in [5, 5.41) is 3.88. The van der Waals surface area contributed by atoms with Gasteiger partial charge in [-0.3, -0.25) is 4.90 Å². The molecule has 3 aliphatic rings. The molecule has 0 saturated carbocycles. The number of benzene rings is 1. The van der Waals surface area contributed by atoms with Crippen molar-refractivity contribution in [3.05, 3.63) is 64.1 Å². The number of likely N-dealkylation sites (tertiary alicyclic amines) is 1. The summed E-state index contributed by atoms with van der Waals surface area (Å²) in [4.78, 5) is 5.45. The van der Waals surface area contributed by atoms with Crippen molar-refractivity contribution in [1.29, 1.82) is 0 Å². The van der Waals surface area contributed by atoms with Crippen LogP contribution in [0.15, 0.2) is 48.7 Å². The van der Waals surface area contributed by atoms with Crippen molar-refractivity contribution < 1.29 is 9.47 Å². The fraction of sp³-hybridized carbons (Fsp3) is 0.440. The smallest absolute Gasteiger partial charge is 0.121 e. The molecule has 1 N–H and O–H groups in total. The highest BCUT2D eigenvalue weighted by molar-refractivity contribution is 7.11. The second-order valence-corrected chi connectivity index (χ2v) is 10.7. The number of fused-ring (bicyclic) bond motifs is 4. The lowest BCUT2D eigenvalue weighted by atomic mass is 9.79. The van der Waals surface area contributed by atoms with Gasteiger partial charge in [0.15, 0.2) is 0 Å². The van der Waals surface area contributed by atoms with E-state index in [-0.39, 0.29) is 11.1 Å². The number of hydrogen-bond donors (Lipinski definition) is 1. The molecule has 2 saturated heterocycles. The molecule has 3 aromatic rings. The van der Waals surface area contributed by atoms with E-state index in [2.05, 4.69) is 64.3 Å². The minimum Gasteiger partial charge on any atom is -0.497 e. The van der Waals surface area contributed by atoms with Gasteiger partial charge < -0.3 is 19.4 Å². The summed E-state index contributed by atoms with van der Waals surface area (Å²) in [6.07, 6.45) is 5.35. The average Bonchev–Trinajstić information content (AvgIpc) is 3.50. The zero-order valence-electron chi connectivity index (χ0n) is 18.2. The predicted molar refractivity (Wildman–Crippen MR) is 124 cm³/mol. The molecule has 0 amide bonds. The van der Waals surface area contributed by atoms with Gasteiger partial charge in [-0.05, 0) is 56.2 Å². The van der Waals surface area contributed by atoms with Crippen LogP contribution in [0.1, 0.15) is 34.7 Å². The Balaban J connectivity index is 1.23. The van der Waals surface area contributed by atoms with Crippen LogP contribution in [-0.2, 0) is 16.8 Å². The summed E-state index contributed by atoms with van der Waals surface area (Å²) in [6, 6.07) is 15.2. The number of aromatic nitrogens is 1. The largest absolute Gasteiger partial charge is 0.497 e. The van der Waals surface area contributed by atoms with E-state index in [1.54, 1.807) is 7.11 Å². The van der Waals surface area contributed by atoms with Crippen LogP contribution in [0.2, 0.25) is 0 Å². The maximum atomic E-state index is 6.64. The van der Waals surface area contributed by atoms with Gasteiger partial charge in [0.05, 0.1) is 36.4 Å². The van der Waals surface area contributed by atoms with Crippen molar-refractivity contribution in [2.24, 2.45) is 0 Å². The lowest BCUT2D eigenvalue weighted by Crippen LogP contribution is -2.46. The molecule has 1 atom stereocenters. The first-order valence-electron chi connectivity index (χ1n) is 11.1. The van der Waals surface area contributed by atoms with E-state index in [0.29, 0.717) is 6.61 Å². The van der Waals surface area contributed by atoms with Crippen LogP contribution in [0.4, 0.5) is 5.69 Å². The molecule has 1 aromatic carbocycles. The number of rotatable bonds is 3. The topological polar surface area (TPSA) is 38.7 Å². The van der Waals surface area contributed by atoms with Crippen LogP contribution in [-0.4, -0.2) is 41.9 Å². The van der Waals surface area contributed by atoms with Crippen LogP contribution in [0, 0.1) is 6.92 Å². The first kappa shape index (κ1) is 19.4. The number of hydrogen-bond acceptors (Lipinski definition) is 5. The molecule has 162 valence electrons. The normalized spacial score (nSPS) is 24.2. The van der Waals surface area contributed by atoms with E-state index < -0.39 is 0 Å². The van der Waals surface area contributed by atoms with Gasteiger partial charge >= 0.3 is 0 Å². The molecule has 0 aliphatic carbocycles. The Bertz CT molecular complexity index is 1110. The Morgan fingerprint density at radius 3 is 2.81 bits per heavy atom. The highest BCUT2D eigenvalue weighted by atomic mass is 32.1. The number of anilines is 1. The Labute approximate surface area is 187 Å². The van der Waals surface area contributed by atoms with Gasteiger partial charge in [-0.2, -0.15) is 0 Å². The second-order valence-electron chi connectivity index (χ2n) is 9.29. The Morgan fingerprint density at radius 2 is 2.03 bits per heavy atom. The van der Waals surface area contributed by atoms with Crippen LogP contribution in [0.3, 0.4) is 0 Å². The maximum Gasteiger partial charge on any atom is 0.121 e. The first-order valence-corrected chi connectivity index (χ1v) is 12.0. The third kappa shape index (κ3) is 3.20. The van der Waals surface area contributed by atoms with E-state index in [1.165, 1.54) is 21.1 Å². The van der Waals surface area contributed by atoms with E-state index in [9.17, 15) is 0 Å². The van der Waals surface area contributed by atoms with Crippen LogP contribution < -0.4 is 10.1 Å². The standard InChI is InChI=1S/C25H29N3O2S/c1-18-5-7-20(31-18)15-27-12-9-24(10-13-27)16-25(17-30-24)23-4-3-11-28(23)22-8-6-19(29-2)14-21(22)26-25/h3-8,11,14,26H,9-10,12-13,15-17H2,1-2H3/t25-/m1/s1. The summed E-state index contributed by atoms with van der Waals surface area (Å²) in [5.74, 6) is 0.878. The Hall–Kier alpha value is -2.28. The summed E-state index contributed by atoms with van der Waals surface area (Å²) in [6.45, 7) is 6.15. The minimum absolute atomic E-state index is 0.0413. The first-order chi connectivity index (χ1) is 15.1. The van der Waals surface area contributed by atoms with E-state index in [0.717, 1.165) is 50.3 Å². The highest BCUT2D eigenvalue weighted by Gasteiger charge is 2.53. The lowest BCUT2D eigenvalue weighted by Gasteiger charge is -2.41. The molecule has 0 unspecified atom stereocenters.